The lowest BCUT2D eigenvalue weighted by Crippen LogP contribution is -2.58. The molecule has 1 aliphatic carbocycles. The lowest BCUT2D eigenvalue weighted by molar-refractivity contribution is -0.173. The zero-order chi connectivity index (χ0) is 19.7. The van der Waals surface area contributed by atoms with Crippen molar-refractivity contribution in [3.8, 4) is 0 Å². The van der Waals surface area contributed by atoms with Gasteiger partial charge in [-0.2, -0.15) is 0 Å². The van der Waals surface area contributed by atoms with Gasteiger partial charge in [-0.15, -0.1) is 0 Å². The van der Waals surface area contributed by atoms with Crippen molar-refractivity contribution in [2.75, 3.05) is 5.32 Å². The van der Waals surface area contributed by atoms with Gasteiger partial charge in [-0.25, -0.2) is 0 Å². The Hall–Kier alpha value is -2.86. The summed E-state index contributed by atoms with van der Waals surface area (Å²) in [4.78, 5) is 31.8. The molecule has 2 aliphatic rings. The molecule has 6 nitrogen and oxygen atoms in total. The van der Waals surface area contributed by atoms with Crippen molar-refractivity contribution < 1.29 is 14.4 Å². The Kier molecular flexibility index (Phi) is 4.81. The zero-order valence-electron chi connectivity index (χ0n) is 15.4. The number of amides is 2. The van der Waals surface area contributed by atoms with E-state index in [0.717, 1.165) is 17.5 Å². The molecular weight excluding hydrogens is 378 g/mol. The number of hydrogen-bond donors (Lipinski definition) is 1. The number of rotatable bonds is 4. The first kappa shape index (κ1) is 18.5. The summed E-state index contributed by atoms with van der Waals surface area (Å²) in [5.41, 5.74) is 1.53. The van der Waals surface area contributed by atoms with Gasteiger partial charge in [-0.05, 0) is 49.1 Å². The molecule has 144 valence electrons. The molecule has 7 heteroatoms. The molecule has 0 aromatic heterocycles. The van der Waals surface area contributed by atoms with Crippen molar-refractivity contribution in [1.29, 1.82) is 0 Å². The van der Waals surface area contributed by atoms with E-state index in [1.54, 1.807) is 17.0 Å². The molecule has 1 saturated carbocycles. The number of nitrogens with zero attached hydrogens (tertiary/aromatic N) is 2. The van der Waals surface area contributed by atoms with Gasteiger partial charge in [0.1, 0.15) is 0 Å². The van der Waals surface area contributed by atoms with Gasteiger partial charge < -0.3 is 10.2 Å². The van der Waals surface area contributed by atoms with E-state index in [1.807, 2.05) is 36.4 Å². The second kappa shape index (κ2) is 7.28. The van der Waals surface area contributed by atoms with Crippen molar-refractivity contribution in [2.24, 2.45) is 5.16 Å². The first-order valence-corrected chi connectivity index (χ1v) is 9.55. The Labute approximate surface area is 168 Å². The Balaban J connectivity index is 1.64. The minimum absolute atomic E-state index is 0.0744. The number of amidine groups is 1. The number of anilines is 1. The highest BCUT2D eigenvalue weighted by molar-refractivity contribution is 6.31. The number of benzene rings is 2. The molecular formula is C21H20ClN3O3. The first-order chi connectivity index (χ1) is 13.5. The Morgan fingerprint density at radius 1 is 1.25 bits per heavy atom. The standard InChI is InChI=1S/C21H20ClN3O3/c1-14(26)23-18-8-6-15(7-9-18)13-25-19(16-4-2-5-17(22)12-16)24-28-21(20(25)27)10-3-11-21/h2,4-9,12H,3,10-11,13H2,1H3,(H,23,26). The fourth-order valence-electron chi connectivity index (χ4n) is 3.43. The Morgan fingerprint density at radius 2 is 2.00 bits per heavy atom. The average Bonchev–Trinajstić information content (AvgIpc) is 2.63. The molecule has 1 N–H and O–H groups in total. The number of carbonyl (C=O) groups is 2. The third-order valence-corrected chi connectivity index (χ3v) is 5.29. The van der Waals surface area contributed by atoms with E-state index >= 15 is 0 Å². The summed E-state index contributed by atoms with van der Waals surface area (Å²) in [6.45, 7) is 1.82. The van der Waals surface area contributed by atoms with Crippen LogP contribution >= 0.6 is 11.6 Å². The highest BCUT2D eigenvalue weighted by Crippen LogP contribution is 2.40. The van der Waals surface area contributed by atoms with Gasteiger partial charge in [0.05, 0.1) is 6.54 Å². The Morgan fingerprint density at radius 3 is 2.61 bits per heavy atom. The van der Waals surface area contributed by atoms with Gasteiger partial charge in [0.15, 0.2) is 5.84 Å². The van der Waals surface area contributed by atoms with Gasteiger partial charge in [0.25, 0.3) is 5.91 Å². The van der Waals surface area contributed by atoms with Crippen LogP contribution < -0.4 is 5.32 Å². The van der Waals surface area contributed by atoms with Gasteiger partial charge >= 0.3 is 0 Å². The van der Waals surface area contributed by atoms with Crippen LogP contribution in [-0.2, 0) is 21.0 Å². The maximum Gasteiger partial charge on any atom is 0.275 e. The molecule has 1 heterocycles. The van der Waals surface area contributed by atoms with Gasteiger partial charge in [-0.3, -0.25) is 14.5 Å². The van der Waals surface area contributed by atoms with E-state index < -0.39 is 5.60 Å². The second-order valence-corrected chi connectivity index (χ2v) is 7.57. The topological polar surface area (TPSA) is 71.0 Å². The van der Waals surface area contributed by atoms with Gasteiger partial charge in [0, 0.05) is 23.2 Å². The third-order valence-electron chi connectivity index (χ3n) is 5.06. The van der Waals surface area contributed by atoms with E-state index in [4.69, 9.17) is 16.4 Å². The van der Waals surface area contributed by atoms with Gasteiger partial charge in [0.2, 0.25) is 11.5 Å². The number of carbonyl (C=O) groups excluding carboxylic acids is 2. The number of hydrogen-bond acceptors (Lipinski definition) is 4. The summed E-state index contributed by atoms with van der Waals surface area (Å²) >= 11 is 6.13. The molecule has 0 atom stereocenters. The maximum atomic E-state index is 13.2. The van der Waals surface area contributed by atoms with Crippen molar-refractivity contribution in [2.45, 2.75) is 38.3 Å². The minimum Gasteiger partial charge on any atom is -0.377 e. The van der Waals surface area contributed by atoms with Crippen LogP contribution in [0.2, 0.25) is 5.02 Å². The van der Waals surface area contributed by atoms with Crippen molar-refractivity contribution >= 4 is 34.9 Å². The summed E-state index contributed by atoms with van der Waals surface area (Å²) < 4.78 is 0. The predicted molar refractivity (Wildman–Crippen MR) is 107 cm³/mol. The molecule has 1 aliphatic heterocycles. The molecule has 0 unspecified atom stereocenters. The summed E-state index contributed by atoms with van der Waals surface area (Å²) in [7, 11) is 0. The molecule has 28 heavy (non-hydrogen) atoms. The van der Waals surface area contributed by atoms with Crippen LogP contribution in [0, 0.1) is 0 Å². The van der Waals surface area contributed by atoms with Crippen LogP contribution in [0.5, 0.6) is 0 Å². The van der Waals surface area contributed by atoms with E-state index in [0.29, 0.717) is 35.9 Å². The molecule has 2 aromatic carbocycles. The van der Waals surface area contributed by atoms with Crippen LogP contribution in [0.15, 0.2) is 53.7 Å². The van der Waals surface area contributed by atoms with E-state index in [1.165, 1.54) is 6.92 Å². The molecule has 0 radical (unpaired) electrons. The predicted octanol–water partition coefficient (Wildman–Crippen LogP) is 3.94. The van der Waals surface area contributed by atoms with Crippen molar-refractivity contribution in [3.63, 3.8) is 0 Å². The normalized spacial score (nSPS) is 17.6. The fourth-order valence-corrected chi connectivity index (χ4v) is 3.62. The highest BCUT2D eigenvalue weighted by Gasteiger charge is 2.53. The highest BCUT2D eigenvalue weighted by atomic mass is 35.5. The van der Waals surface area contributed by atoms with Crippen LogP contribution in [0.1, 0.15) is 37.3 Å². The molecule has 0 bridgehead atoms. The minimum atomic E-state index is -0.835. The SMILES string of the molecule is CC(=O)Nc1ccc(CN2C(=O)C3(CCC3)ON=C2c2cccc(Cl)c2)cc1. The Bertz CT molecular complexity index is 952. The molecule has 4 rings (SSSR count). The fraction of sp³-hybridized carbons (Fsp3) is 0.286. The molecule has 1 spiro atoms. The molecule has 1 fully saturated rings. The van der Waals surface area contributed by atoms with Crippen molar-refractivity contribution in [3.05, 3.63) is 64.7 Å². The molecule has 2 aromatic rings. The number of oxime groups is 1. The van der Waals surface area contributed by atoms with E-state index in [2.05, 4.69) is 10.5 Å². The quantitative estimate of drug-likeness (QED) is 0.849. The summed E-state index contributed by atoms with van der Waals surface area (Å²) in [5, 5.41) is 7.61. The number of halogens is 1. The summed E-state index contributed by atoms with van der Waals surface area (Å²) in [6, 6.07) is 14.6. The van der Waals surface area contributed by atoms with Crippen LogP contribution in [-0.4, -0.2) is 28.2 Å². The van der Waals surface area contributed by atoms with E-state index in [-0.39, 0.29) is 11.8 Å². The lowest BCUT2D eigenvalue weighted by atomic mass is 9.78. The zero-order valence-corrected chi connectivity index (χ0v) is 16.2. The summed E-state index contributed by atoms with van der Waals surface area (Å²) in [6.07, 6.45) is 2.30. The number of nitrogens with one attached hydrogen (secondary N) is 1. The van der Waals surface area contributed by atoms with Crippen molar-refractivity contribution in [1.82, 2.24) is 4.90 Å². The largest absolute Gasteiger partial charge is 0.377 e. The smallest absolute Gasteiger partial charge is 0.275 e. The third kappa shape index (κ3) is 3.47. The van der Waals surface area contributed by atoms with E-state index in [9.17, 15) is 9.59 Å². The van der Waals surface area contributed by atoms with Crippen LogP contribution in [0.3, 0.4) is 0 Å². The van der Waals surface area contributed by atoms with Gasteiger partial charge in [-0.1, -0.05) is 41.0 Å². The maximum absolute atomic E-state index is 13.2. The van der Waals surface area contributed by atoms with Crippen LogP contribution in [0.25, 0.3) is 0 Å². The lowest BCUT2D eigenvalue weighted by Gasteiger charge is -2.44. The monoisotopic (exact) mass is 397 g/mol. The first-order valence-electron chi connectivity index (χ1n) is 9.17. The molecule has 2 amide bonds. The van der Waals surface area contributed by atoms with Crippen LogP contribution in [0.4, 0.5) is 5.69 Å². The second-order valence-electron chi connectivity index (χ2n) is 7.13. The summed E-state index contributed by atoms with van der Waals surface area (Å²) in [5.74, 6) is 0.254. The average molecular weight is 398 g/mol. The molecule has 0 saturated heterocycles.